The molecular formula is C20H19N3O3. The fourth-order valence-corrected chi connectivity index (χ4v) is 2.51. The van der Waals surface area contributed by atoms with Gasteiger partial charge in [-0.3, -0.25) is 0 Å². The van der Waals surface area contributed by atoms with Crippen LogP contribution < -0.4 is 14.8 Å². The zero-order valence-electron chi connectivity index (χ0n) is 14.9. The first-order chi connectivity index (χ1) is 12.6. The monoisotopic (exact) mass is 349 g/mol. The van der Waals surface area contributed by atoms with Crippen LogP contribution in [-0.2, 0) is 6.54 Å². The van der Waals surface area contributed by atoms with Gasteiger partial charge in [0, 0.05) is 12.1 Å². The van der Waals surface area contributed by atoms with Crippen molar-refractivity contribution in [3.8, 4) is 29.0 Å². The van der Waals surface area contributed by atoms with Crippen LogP contribution in [0.3, 0.4) is 0 Å². The molecule has 0 unspecified atom stereocenters. The molecule has 0 spiro atoms. The average molecular weight is 349 g/mol. The summed E-state index contributed by atoms with van der Waals surface area (Å²) in [5.41, 5.74) is 3.15. The smallest absolute Gasteiger partial charge is 0.232 e. The maximum Gasteiger partial charge on any atom is 0.232 e. The lowest BCUT2D eigenvalue weighted by Gasteiger charge is -2.10. The number of ether oxygens (including phenoxy) is 2. The average Bonchev–Trinajstić information content (AvgIpc) is 3.09. The Balaban J connectivity index is 1.80. The lowest BCUT2D eigenvalue weighted by atomic mass is 10.1. The van der Waals surface area contributed by atoms with Gasteiger partial charge in [0.05, 0.1) is 14.2 Å². The Morgan fingerprint density at radius 3 is 2.46 bits per heavy atom. The molecular weight excluding hydrogens is 330 g/mol. The topological polar surface area (TPSA) is 80.3 Å². The predicted octanol–water partition coefficient (Wildman–Crippen LogP) is 4.15. The van der Waals surface area contributed by atoms with E-state index in [4.69, 9.17) is 13.9 Å². The fraction of sp³-hybridized carbons (Fsp3) is 0.200. The first-order valence-electron chi connectivity index (χ1n) is 8.07. The van der Waals surface area contributed by atoms with Gasteiger partial charge in [0.2, 0.25) is 17.5 Å². The molecule has 3 aromatic rings. The maximum atomic E-state index is 9.32. The Bertz CT molecular complexity index is 940. The van der Waals surface area contributed by atoms with Gasteiger partial charge in [-0.15, -0.1) is 0 Å². The summed E-state index contributed by atoms with van der Waals surface area (Å²) in [6.45, 7) is 2.47. The molecule has 0 saturated heterocycles. The molecule has 0 aliphatic carbocycles. The number of hydrogen-bond acceptors (Lipinski definition) is 6. The minimum atomic E-state index is 0.223. The zero-order chi connectivity index (χ0) is 18.5. The third kappa shape index (κ3) is 3.62. The number of anilines is 1. The molecule has 0 aliphatic rings. The summed E-state index contributed by atoms with van der Waals surface area (Å²) < 4.78 is 16.3. The summed E-state index contributed by atoms with van der Waals surface area (Å²) in [5.74, 6) is 2.06. The summed E-state index contributed by atoms with van der Waals surface area (Å²) >= 11 is 0. The molecule has 0 atom stereocenters. The van der Waals surface area contributed by atoms with Crippen molar-refractivity contribution < 1.29 is 13.9 Å². The molecule has 0 bridgehead atoms. The molecule has 0 aliphatic heterocycles. The minimum absolute atomic E-state index is 0.223. The molecule has 3 rings (SSSR count). The Hall–Kier alpha value is -3.46. The van der Waals surface area contributed by atoms with Crippen LogP contribution in [0.1, 0.15) is 16.8 Å². The first kappa shape index (κ1) is 17.4. The number of methoxy groups -OCH3 is 2. The van der Waals surface area contributed by atoms with Gasteiger partial charge in [-0.05, 0) is 36.8 Å². The number of benzene rings is 2. The van der Waals surface area contributed by atoms with Crippen LogP contribution in [0.15, 0.2) is 46.9 Å². The number of nitrogens with zero attached hydrogens (tertiary/aromatic N) is 2. The van der Waals surface area contributed by atoms with E-state index in [0.717, 1.165) is 16.7 Å². The molecule has 1 aromatic heterocycles. The number of rotatable bonds is 6. The van der Waals surface area contributed by atoms with Crippen molar-refractivity contribution in [1.29, 1.82) is 5.26 Å². The van der Waals surface area contributed by atoms with Crippen LogP contribution in [0.4, 0.5) is 5.88 Å². The van der Waals surface area contributed by atoms with Crippen molar-refractivity contribution in [1.82, 2.24) is 4.98 Å². The predicted molar refractivity (Wildman–Crippen MR) is 98.3 cm³/mol. The van der Waals surface area contributed by atoms with E-state index in [0.29, 0.717) is 29.8 Å². The van der Waals surface area contributed by atoms with Crippen molar-refractivity contribution in [2.45, 2.75) is 13.5 Å². The number of hydrogen-bond donors (Lipinski definition) is 1. The molecule has 0 amide bonds. The van der Waals surface area contributed by atoms with Gasteiger partial charge in [0.15, 0.2) is 11.5 Å². The van der Waals surface area contributed by atoms with Gasteiger partial charge in [0.1, 0.15) is 6.07 Å². The van der Waals surface area contributed by atoms with E-state index in [9.17, 15) is 5.26 Å². The van der Waals surface area contributed by atoms with Crippen LogP contribution in [0.25, 0.3) is 11.5 Å². The summed E-state index contributed by atoms with van der Waals surface area (Å²) in [6.07, 6.45) is 0. The molecule has 2 aromatic carbocycles. The highest BCUT2D eigenvalue weighted by Crippen LogP contribution is 2.29. The number of nitriles is 1. The van der Waals surface area contributed by atoms with Gasteiger partial charge in [-0.25, -0.2) is 0 Å². The number of aryl methyl sites for hydroxylation is 1. The van der Waals surface area contributed by atoms with E-state index in [2.05, 4.69) is 16.4 Å². The number of oxazole rings is 1. The maximum absolute atomic E-state index is 9.32. The lowest BCUT2D eigenvalue weighted by Crippen LogP contribution is -2.01. The van der Waals surface area contributed by atoms with Crippen LogP contribution in [0, 0.1) is 18.3 Å². The van der Waals surface area contributed by atoms with E-state index in [1.807, 2.05) is 49.4 Å². The van der Waals surface area contributed by atoms with Crippen molar-refractivity contribution in [2.75, 3.05) is 19.5 Å². The molecule has 1 N–H and O–H groups in total. The van der Waals surface area contributed by atoms with E-state index in [1.165, 1.54) is 0 Å². The third-order valence-electron chi connectivity index (χ3n) is 3.93. The Morgan fingerprint density at radius 1 is 1.08 bits per heavy atom. The molecule has 0 radical (unpaired) electrons. The van der Waals surface area contributed by atoms with Gasteiger partial charge < -0.3 is 19.2 Å². The standard InChI is InChI=1S/C20H19N3O3/c1-13-4-7-15(8-5-13)19-23-16(11-21)20(26-19)22-12-14-6-9-17(24-2)18(10-14)25-3/h4-10,22H,12H2,1-3H3. The fourth-order valence-electron chi connectivity index (χ4n) is 2.51. The Labute approximate surface area is 152 Å². The van der Waals surface area contributed by atoms with E-state index in [1.54, 1.807) is 14.2 Å². The summed E-state index contributed by atoms with van der Waals surface area (Å²) in [5, 5.41) is 12.4. The van der Waals surface area contributed by atoms with Gasteiger partial charge in [0.25, 0.3) is 0 Å². The van der Waals surface area contributed by atoms with Gasteiger partial charge >= 0.3 is 0 Å². The van der Waals surface area contributed by atoms with Crippen molar-refractivity contribution in [3.63, 3.8) is 0 Å². The zero-order valence-corrected chi connectivity index (χ0v) is 14.9. The highest BCUT2D eigenvalue weighted by molar-refractivity contribution is 5.59. The minimum Gasteiger partial charge on any atom is -0.493 e. The molecule has 0 fully saturated rings. The number of aromatic nitrogens is 1. The van der Waals surface area contributed by atoms with E-state index < -0.39 is 0 Å². The van der Waals surface area contributed by atoms with Crippen molar-refractivity contribution >= 4 is 5.88 Å². The lowest BCUT2D eigenvalue weighted by molar-refractivity contribution is 0.354. The summed E-state index contributed by atoms with van der Waals surface area (Å²) in [7, 11) is 3.18. The highest BCUT2D eigenvalue weighted by atomic mass is 16.5. The summed E-state index contributed by atoms with van der Waals surface area (Å²) in [4.78, 5) is 4.27. The van der Waals surface area contributed by atoms with Crippen LogP contribution in [-0.4, -0.2) is 19.2 Å². The van der Waals surface area contributed by atoms with Crippen LogP contribution in [0.5, 0.6) is 11.5 Å². The van der Waals surface area contributed by atoms with E-state index >= 15 is 0 Å². The van der Waals surface area contributed by atoms with Gasteiger partial charge in [-0.2, -0.15) is 10.2 Å². The quantitative estimate of drug-likeness (QED) is 0.720. The molecule has 6 nitrogen and oxygen atoms in total. The van der Waals surface area contributed by atoms with Crippen molar-refractivity contribution in [2.24, 2.45) is 0 Å². The van der Waals surface area contributed by atoms with Gasteiger partial charge in [-0.1, -0.05) is 23.8 Å². The normalized spacial score (nSPS) is 10.2. The van der Waals surface area contributed by atoms with E-state index in [-0.39, 0.29) is 5.69 Å². The third-order valence-corrected chi connectivity index (χ3v) is 3.93. The largest absolute Gasteiger partial charge is 0.493 e. The second-order valence-corrected chi connectivity index (χ2v) is 5.72. The van der Waals surface area contributed by atoms with Crippen LogP contribution in [0.2, 0.25) is 0 Å². The second kappa shape index (κ2) is 7.62. The molecule has 1 heterocycles. The Kier molecular flexibility index (Phi) is 5.09. The second-order valence-electron chi connectivity index (χ2n) is 5.72. The highest BCUT2D eigenvalue weighted by Gasteiger charge is 2.14. The van der Waals surface area contributed by atoms with Crippen LogP contribution >= 0.6 is 0 Å². The molecule has 132 valence electrons. The number of nitrogens with one attached hydrogen (secondary N) is 1. The Morgan fingerprint density at radius 2 is 1.81 bits per heavy atom. The SMILES string of the molecule is COc1ccc(CNc2oc(-c3ccc(C)cc3)nc2C#N)cc1OC. The summed E-state index contributed by atoms with van der Waals surface area (Å²) in [6, 6.07) is 15.5. The van der Waals surface area contributed by atoms with Crippen molar-refractivity contribution in [3.05, 3.63) is 59.3 Å². The first-order valence-corrected chi connectivity index (χ1v) is 8.07. The molecule has 26 heavy (non-hydrogen) atoms. The molecule has 0 saturated carbocycles. The molecule has 6 heteroatoms.